The molecule has 0 aliphatic rings. The maximum atomic E-state index is 12.4. The third-order valence-corrected chi connectivity index (χ3v) is 4.24. The van der Waals surface area contributed by atoms with Crippen molar-refractivity contribution in [3.63, 3.8) is 0 Å². The van der Waals surface area contributed by atoms with Crippen molar-refractivity contribution < 1.29 is 9.32 Å². The molecule has 25 heavy (non-hydrogen) atoms. The quantitative estimate of drug-likeness (QED) is 0.696. The standard InChI is InChI=1S/C19H18ClN3O2/c1-13-7-9-14(10-8-13)19-21-17(25-22-19)12-23(2)18(24)11-15-5-3-4-6-16(15)20/h3-10H,11-12H2,1-2H3. The van der Waals surface area contributed by atoms with E-state index < -0.39 is 0 Å². The number of hydrogen-bond acceptors (Lipinski definition) is 4. The largest absolute Gasteiger partial charge is 0.337 e. The normalized spacial score (nSPS) is 10.7. The first kappa shape index (κ1) is 17.2. The Morgan fingerprint density at radius 1 is 1.16 bits per heavy atom. The van der Waals surface area contributed by atoms with Crippen LogP contribution in [0.15, 0.2) is 53.1 Å². The molecule has 0 bridgehead atoms. The van der Waals surface area contributed by atoms with E-state index in [2.05, 4.69) is 10.1 Å². The highest BCUT2D eigenvalue weighted by atomic mass is 35.5. The van der Waals surface area contributed by atoms with E-state index in [1.165, 1.54) is 0 Å². The number of rotatable bonds is 5. The average Bonchev–Trinajstić information content (AvgIpc) is 3.06. The van der Waals surface area contributed by atoms with Gasteiger partial charge in [-0.25, -0.2) is 0 Å². The minimum atomic E-state index is -0.0665. The maximum absolute atomic E-state index is 12.4. The van der Waals surface area contributed by atoms with E-state index in [0.717, 1.165) is 16.7 Å². The fraction of sp³-hybridized carbons (Fsp3) is 0.211. The molecule has 3 aromatic rings. The van der Waals surface area contributed by atoms with E-state index in [1.807, 2.05) is 49.4 Å². The van der Waals surface area contributed by atoms with E-state index in [9.17, 15) is 4.79 Å². The Balaban J connectivity index is 1.65. The third kappa shape index (κ3) is 4.25. The lowest BCUT2D eigenvalue weighted by atomic mass is 10.1. The number of aryl methyl sites for hydroxylation is 1. The van der Waals surface area contributed by atoms with Crippen LogP contribution in [0.4, 0.5) is 0 Å². The number of aromatic nitrogens is 2. The zero-order valence-corrected chi connectivity index (χ0v) is 14.8. The molecule has 0 radical (unpaired) electrons. The number of likely N-dealkylation sites (N-methyl/N-ethyl adjacent to an activating group) is 1. The van der Waals surface area contributed by atoms with Gasteiger partial charge in [-0.3, -0.25) is 4.79 Å². The predicted octanol–water partition coefficient (Wildman–Crippen LogP) is 3.90. The topological polar surface area (TPSA) is 59.2 Å². The number of halogens is 1. The van der Waals surface area contributed by atoms with Gasteiger partial charge in [-0.1, -0.05) is 64.8 Å². The Kier molecular flexibility index (Phi) is 5.14. The summed E-state index contributed by atoms with van der Waals surface area (Å²) in [5.41, 5.74) is 2.84. The number of carbonyl (C=O) groups is 1. The second kappa shape index (κ2) is 7.49. The Morgan fingerprint density at radius 3 is 2.60 bits per heavy atom. The molecular weight excluding hydrogens is 338 g/mol. The van der Waals surface area contributed by atoms with E-state index in [-0.39, 0.29) is 18.9 Å². The van der Waals surface area contributed by atoms with Crippen LogP contribution in [0.5, 0.6) is 0 Å². The molecule has 5 nitrogen and oxygen atoms in total. The Morgan fingerprint density at radius 2 is 1.88 bits per heavy atom. The summed E-state index contributed by atoms with van der Waals surface area (Å²) in [6.45, 7) is 2.27. The van der Waals surface area contributed by atoms with Gasteiger partial charge in [0.15, 0.2) is 0 Å². The lowest BCUT2D eigenvalue weighted by Gasteiger charge is -2.15. The van der Waals surface area contributed by atoms with Crippen LogP contribution >= 0.6 is 11.6 Å². The summed E-state index contributed by atoms with van der Waals surface area (Å²) < 4.78 is 5.26. The molecule has 0 atom stereocenters. The number of amides is 1. The maximum Gasteiger partial charge on any atom is 0.246 e. The molecule has 3 rings (SSSR count). The summed E-state index contributed by atoms with van der Waals surface area (Å²) in [7, 11) is 1.70. The Bertz CT molecular complexity index is 874. The molecule has 0 unspecified atom stereocenters. The summed E-state index contributed by atoms with van der Waals surface area (Å²) >= 11 is 6.10. The van der Waals surface area contributed by atoms with Crippen LogP contribution in [-0.2, 0) is 17.8 Å². The van der Waals surface area contributed by atoms with Gasteiger partial charge in [-0.05, 0) is 18.6 Å². The summed E-state index contributed by atoms with van der Waals surface area (Å²) in [4.78, 5) is 18.3. The smallest absolute Gasteiger partial charge is 0.246 e. The van der Waals surface area contributed by atoms with Crippen LogP contribution in [0.2, 0.25) is 5.02 Å². The fourth-order valence-corrected chi connectivity index (χ4v) is 2.57. The minimum Gasteiger partial charge on any atom is -0.337 e. The molecular formula is C19H18ClN3O2. The van der Waals surface area contributed by atoms with E-state index >= 15 is 0 Å². The van der Waals surface area contributed by atoms with Crippen LogP contribution in [0.1, 0.15) is 17.0 Å². The SMILES string of the molecule is Cc1ccc(-c2noc(CN(C)C(=O)Cc3ccccc3Cl)n2)cc1. The molecule has 0 aliphatic heterocycles. The highest BCUT2D eigenvalue weighted by molar-refractivity contribution is 6.31. The van der Waals surface area contributed by atoms with Crippen molar-refractivity contribution in [1.29, 1.82) is 0 Å². The van der Waals surface area contributed by atoms with Gasteiger partial charge in [-0.15, -0.1) is 0 Å². The highest BCUT2D eigenvalue weighted by Crippen LogP contribution is 2.18. The number of hydrogen-bond donors (Lipinski definition) is 0. The molecule has 2 aromatic carbocycles. The molecule has 0 N–H and O–H groups in total. The third-order valence-electron chi connectivity index (χ3n) is 3.88. The van der Waals surface area contributed by atoms with Gasteiger partial charge in [0, 0.05) is 17.6 Å². The van der Waals surface area contributed by atoms with Crippen LogP contribution < -0.4 is 0 Å². The number of benzene rings is 2. The van der Waals surface area contributed by atoms with Gasteiger partial charge >= 0.3 is 0 Å². The molecule has 128 valence electrons. The van der Waals surface area contributed by atoms with Crippen LogP contribution in [0, 0.1) is 6.92 Å². The number of nitrogens with zero attached hydrogens (tertiary/aromatic N) is 3. The lowest BCUT2D eigenvalue weighted by molar-refractivity contribution is -0.130. The van der Waals surface area contributed by atoms with Crippen molar-refractivity contribution >= 4 is 17.5 Å². The molecule has 1 aromatic heterocycles. The summed E-state index contributed by atoms with van der Waals surface area (Å²) in [5, 5.41) is 4.57. The van der Waals surface area contributed by atoms with E-state index in [0.29, 0.717) is 16.7 Å². The molecule has 1 heterocycles. The lowest BCUT2D eigenvalue weighted by Crippen LogP contribution is -2.27. The zero-order chi connectivity index (χ0) is 17.8. The zero-order valence-electron chi connectivity index (χ0n) is 14.1. The summed E-state index contributed by atoms with van der Waals surface area (Å²) in [6, 6.07) is 15.2. The fourth-order valence-electron chi connectivity index (χ4n) is 2.37. The molecule has 1 amide bonds. The second-order valence-electron chi connectivity index (χ2n) is 5.90. The van der Waals surface area contributed by atoms with E-state index in [1.54, 1.807) is 18.0 Å². The second-order valence-corrected chi connectivity index (χ2v) is 6.30. The Labute approximate surface area is 151 Å². The highest BCUT2D eigenvalue weighted by Gasteiger charge is 2.16. The van der Waals surface area contributed by atoms with Crippen molar-refractivity contribution in [2.24, 2.45) is 0 Å². The van der Waals surface area contributed by atoms with Gasteiger partial charge in [-0.2, -0.15) is 4.98 Å². The van der Waals surface area contributed by atoms with Gasteiger partial charge < -0.3 is 9.42 Å². The monoisotopic (exact) mass is 355 g/mol. The van der Waals surface area contributed by atoms with Crippen molar-refractivity contribution in [2.45, 2.75) is 19.9 Å². The van der Waals surface area contributed by atoms with Crippen molar-refractivity contribution in [3.05, 3.63) is 70.6 Å². The van der Waals surface area contributed by atoms with Crippen LogP contribution in [0.25, 0.3) is 11.4 Å². The van der Waals surface area contributed by atoms with Crippen LogP contribution in [0.3, 0.4) is 0 Å². The molecule has 0 fully saturated rings. The molecule has 6 heteroatoms. The molecule has 0 spiro atoms. The van der Waals surface area contributed by atoms with Gasteiger partial charge in [0.1, 0.15) is 0 Å². The van der Waals surface area contributed by atoms with Crippen molar-refractivity contribution in [3.8, 4) is 11.4 Å². The minimum absolute atomic E-state index is 0.0665. The first-order valence-electron chi connectivity index (χ1n) is 7.90. The summed E-state index contributed by atoms with van der Waals surface area (Å²) in [6.07, 6.45) is 0.231. The molecule has 0 saturated carbocycles. The van der Waals surface area contributed by atoms with Crippen LogP contribution in [-0.4, -0.2) is 28.0 Å². The predicted molar refractivity (Wildman–Crippen MR) is 96.1 cm³/mol. The van der Waals surface area contributed by atoms with E-state index in [4.69, 9.17) is 16.1 Å². The first-order chi connectivity index (χ1) is 12.0. The van der Waals surface area contributed by atoms with Gasteiger partial charge in [0.2, 0.25) is 17.6 Å². The van der Waals surface area contributed by atoms with Gasteiger partial charge in [0.25, 0.3) is 0 Å². The molecule has 0 aliphatic carbocycles. The molecule has 0 saturated heterocycles. The summed E-state index contributed by atoms with van der Waals surface area (Å²) in [5.74, 6) is 0.843. The number of carbonyl (C=O) groups excluding carboxylic acids is 1. The Hall–Kier alpha value is -2.66. The first-order valence-corrected chi connectivity index (χ1v) is 8.28. The van der Waals surface area contributed by atoms with Crippen molar-refractivity contribution in [2.75, 3.05) is 7.05 Å². The van der Waals surface area contributed by atoms with Gasteiger partial charge in [0.05, 0.1) is 13.0 Å². The average molecular weight is 356 g/mol. The van der Waals surface area contributed by atoms with Crippen molar-refractivity contribution in [1.82, 2.24) is 15.0 Å².